The number of hydrogen-bond donors (Lipinski definition) is 2. The summed E-state index contributed by atoms with van der Waals surface area (Å²) < 4.78 is 5.27. The second kappa shape index (κ2) is 6.31. The van der Waals surface area contributed by atoms with Gasteiger partial charge >= 0.3 is 0 Å². The van der Waals surface area contributed by atoms with Crippen molar-refractivity contribution < 1.29 is 9.21 Å². The number of furan rings is 1. The Morgan fingerprint density at radius 1 is 1.40 bits per heavy atom. The van der Waals surface area contributed by atoms with Crippen molar-refractivity contribution in [2.45, 2.75) is 20.0 Å². The molecule has 0 saturated carbocycles. The van der Waals surface area contributed by atoms with E-state index in [2.05, 4.69) is 15.3 Å². The number of hydrazine groups is 1. The van der Waals surface area contributed by atoms with Gasteiger partial charge in [-0.1, -0.05) is 0 Å². The molecule has 6 heteroatoms. The van der Waals surface area contributed by atoms with Gasteiger partial charge in [-0.3, -0.25) is 20.1 Å². The van der Waals surface area contributed by atoms with Gasteiger partial charge in [0.25, 0.3) is 5.91 Å². The van der Waals surface area contributed by atoms with E-state index in [1.54, 1.807) is 12.3 Å². The minimum atomic E-state index is -0.341. The highest BCUT2D eigenvalue weighted by Gasteiger charge is 2.08. The average Bonchev–Trinajstić information content (AvgIpc) is 2.84. The Kier molecular flexibility index (Phi) is 4.49. The fourth-order valence-electron chi connectivity index (χ4n) is 1.93. The second-order valence-corrected chi connectivity index (χ2v) is 4.69. The Balaban J connectivity index is 1.96. The Bertz CT molecular complexity index is 577. The molecule has 2 heterocycles. The Morgan fingerprint density at radius 2 is 2.20 bits per heavy atom. The highest BCUT2D eigenvalue weighted by atomic mass is 16.3. The number of pyridine rings is 1. The van der Waals surface area contributed by atoms with E-state index in [1.165, 1.54) is 6.20 Å². The molecule has 0 bridgehead atoms. The van der Waals surface area contributed by atoms with Crippen LogP contribution in [0, 0.1) is 6.92 Å². The molecule has 1 amide bonds. The normalized spacial score (nSPS) is 10.8. The molecule has 0 aromatic carbocycles. The molecule has 0 fully saturated rings. The van der Waals surface area contributed by atoms with Gasteiger partial charge in [0.1, 0.15) is 5.76 Å². The van der Waals surface area contributed by atoms with Gasteiger partial charge < -0.3 is 4.42 Å². The van der Waals surface area contributed by atoms with Crippen LogP contribution in [0.5, 0.6) is 0 Å². The second-order valence-electron chi connectivity index (χ2n) is 4.69. The lowest BCUT2D eigenvalue weighted by molar-refractivity contribution is 0.0953. The van der Waals surface area contributed by atoms with Crippen molar-refractivity contribution in [3.05, 3.63) is 53.2 Å². The van der Waals surface area contributed by atoms with Crippen molar-refractivity contribution in [1.29, 1.82) is 0 Å². The number of carbonyl (C=O) groups excluding carboxylic acids is 1. The van der Waals surface area contributed by atoms with Crippen LogP contribution < -0.4 is 11.3 Å². The van der Waals surface area contributed by atoms with Crippen LogP contribution >= 0.6 is 0 Å². The van der Waals surface area contributed by atoms with Gasteiger partial charge in [0.15, 0.2) is 0 Å². The minimum absolute atomic E-state index is 0.341. The standard InChI is InChI=1S/C14H18N4O2/c1-10-12(5-6-20-10)8-18(2)9-13-4-3-11(7-16-13)14(19)17-15/h3-7H,8-9,15H2,1-2H3,(H,17,19). The maximum atomic E-state index is 11.3. The van der Waals surface area contributed by atoms with Crippen molar-refractivity contribution in [1.82, 2.24) is 15.3 Å². The van der Waals surface area contributed by atoms with Crippen LogP contribution in [0.15, 0.2) is 35.1 Å². The van der Waals surface area contributed by atoms with Crippen LogP contribution in [0.1, 0.15) is 27.4 Å². The fourth-order valence-corrected chi connectivity index (χ4v) is 1.93. The summed E-state index contributed by atoms with van der Waals surface area (Å²) in [5, 5.41) is 0. The lowest BCUT2D eigenvalue weighted by Crippen LogP contribution is -2.30. The van der Waals surface area contributed by atoms with Gasteiger partial charge in [0.2, 0.25) is 0 Å². The number of rotatable bonds is 5. The number of amides is 1. The van der Waals surface area contributed by atoms with Gasteiger partial charge in [-0.25, -0.2) is 5.84 Å². The molecule has 3 N–H and O–H groups in total. The molecule has 2 aromatic rings. The van der Waals surface area contributed by atoms with Crippen molar-refractivity contribution in [2.75, 3.05) is 7.05 Å². The summed E-state index contributed by atoms with van der Waals surface area (Å²) in [6.45, 7) is 3.42. The first-order valence-corrected chi connectivity index (χ1v) is 6.27. The molecule has 0 aliphatic carbocycles. The smallest absolute Gasteiger partial charge is 0.266 e. The number of nitrogens with two attached hydrogens (primary N) is 1. The number of nitrogens with one attached hydrogen (secondary N) is 1. The van der Waals surface area contributed by atoms with E-state index < -0.39 is 0 Å². The summed E-state index contributed by atoms with van der Waals surface area (Å²) in [4.78, 5) is 17.7. The predicted molar refractivity (Wildman–Crippen MR) is 74.5 cm³/mol. The number of nitrogen functional groups attached to an aromatic ring is 1. The van der Waals surface area contributed by atoms with E-state index in [1.807, 2.05) is 26.1 Å². The molecule has 20 heavy (non-hydrogen) atoms. The molecule has 0 unspecified atom stereocenters. The molecule has 2 aromatic heterocycles. The third-order valence-corrected chi connectivity index (χ3v) is 3.06. The molecular weight excluding hydrogens is 256 g/mol. The first-order valence-electron chi connectivity index (χ1n) is 6.27. The summed E-state index contributed by atoms with van der Waals surface area (Å²) in [6, 6.07) is 5.50. The van der Waals surface area contributed by atoms with Crippen LogP contribution in [0.2, 0.25) is 0 Å². The van der Waals surface area contributed by atoms with Crippen LogP contribution in [0.25, 0.3) is 0 Å². The monoisotopic (exact) mass is 274 g/mol. The van der Waals surface area contributed by atoms with E-state index in [0.717, 1.165) is 23.6 Å². The lowest BCUT2D eigenvalue weighted by Gasteiger charge is -2.15. The Morgan fingerprint density at radius 3 is 2.75 bits per heavy atom. The first-order chi connectivity index (χ1) is 9.60. The zero-order valence-electron chi connectivity index (χ0n) is 11.6. The van der Waals surface area contributed by atoms with Gasteiger partial charge in [0, 0.05) is 24.8 Å². The molecule has 0 aliphatic heterocycles. The van der Waals surface area contributed by atoms with Crippen molar-refractivity contribution in [3.63, 3.8) is 0 Å². The summed E-state index contributed by atoms with van der Waals surface area (Å²) in [7, 11) is 2.01. The zero-order valence-corrected chi connectivity index (χ0v) is 11.6. The molecule has 0 saturated heterocycles. The molecule has 0 radical (unpaired) electrons. The van der Waals surface area contributed by atoms with Crippen LogP contribution in [0.3, 0.4) is 0 Å². The molecule has 106 valence electrons. The quantitative estimate of drug-likeness (QED) is 0.486. The minimum Gasteiger partial charge on any atom is -0.469 e. The van der Waals surface area contributed by atoms with E-state index in [9.17, 15) is 4.79 Å². The van der Waals surface area contributed by atoms with E-state index >= 15 is 0 Å². The van der Waals surface area contributed by atoms with Gasteiger partial charge in [0.05, 0.1) is 17.5 Å². The molecular formula is C14H18N4O2. The zero-order chi connectivity index (χ0) is 14.5. The van der Waals surface area contributed by atoms with Crippen molar-refractivity contribution in [3.8, 4) is 0 Å². The molecule has 0 aliphatic rings. The number of aryl methyl sites for hydroxylation is 1. The summed E-state index contributed by atoms with van der Waals surface area (Å²) >= 11 is 0. The molecule has 6 nitrogen and oxygen atoms in total. The molecule has 0 atom stereocenters. The van der Waals surface area contributed by atoms with Gasteiger partial charge in [-0.05, 0) is 32.2 Å². The topological polar surface area (TPSA) is 84.4 Å². The Labute approximate surface area is 117 Å². The number of carbonyl (C=O) groups is 1. The van der Waals surface area contributed by atoms with Gasteiger partial charge in [-0.2, -0.15) is 0 Å². The molecule has 2 rings (SSSR count). The molecule has 0 spiro atoms. The maximum absolute atomic E-state index is 11.3. The largest absolute Gasteiger partial charge is 0.469 e. The maximum Gasteiger partial charge on any atom is 0.266 e. The van der Waals surface area contributed by atoms with Crippen LogP contribution in [0.4, 0.5) is 0 Å². The third kappa shape index (κ3) is 3.43. The first kappa shape index (κ1) is 14.2. The number of hydrogen-bond acceptors (Lipinski definition) is 5. The third-order valence-electron chi connectivity index (χ3n) is 3.06. The van der Waals surface area contributed by atoms with E-state index in [-0.39, 0.29) is 5.91 Å². The van der Waals surface area contributed by atoms with E-state index in [0.29, 0.717) is 12.1 Å². The van der Waals surface area contributed by atoms with Crippen molar-refractivity contribution in [2.24, 2.45) is 5.84 Å². The van der Waals surface area contributed by atoms with Crippen molar-refractivity contribution >= 4 is 5.91 Å². The van der Waals surface area contributed by atoms with E-state index in [4.69, 9.17) is 10.3 Å². The lowest BCUT2D eigenvalue weighted by atomic mass is 10.2. The van der Waals surface area contributed by atoms with Gasteiger partial charge in [-0.15, -0.1) is 0 Å². The number of nitrogens with zero attached hydrogens (tertiary/aromatic N) is 2. The summed E-state index contributed by atoms with van der Waals surface area (Å²) in [6.07, 6.45) is 3.21. The summed E-state index contributed by atoms with van der Waals surface area (Å²) in [5.41, 5.74) is 4.58. The SMILES string of the molecule is Cc1occc1CN(C)Cc1ccc(C(=O)NN)cn1. The number of aromatic nitrogens is 1. The fraction of sp³-hybridized carbons (Fsp3) is 0.286. The van der Waals surface area contributed by atoms with Crippen LogP contribution in [-0.2, 0) is 13.1 Å². The predicted octanol–water partition coefficient (Wildman–Crippen LogP) is 1.22. The summed E-state index contributed by atoms with van der Waals surface area (Å²) in [5.74, 6) is 5.66. The average molecular weight is 274 g/mol. The highest BCUT2D eigenvalue weighted by molar-refractivity contribution is 5.93. The Hall–Kier alpha value is -2.18. The highest BCUT2D eigenvalue weighted by Crippen LogP contribution is 2.12. The van der Waals surface area contributed by atoms with Crippen LogP contribution in [-0.4, -0.2) is 22.8 Å².